The largest absolute Gasteiger partial charge is 0.497 e. The van der Waals surface area contributed by atoms with E-state index in [1.165, 1.54) is 5.56 Å². The van der Waals surface area contributed by atoms with Crippen LogP contribution >= 0.6 is 11.8 Å². The molecule has 0 atom stereocenters. The van der Waals surface area contributed by atoms with E-state index in [0.29, 0.717) is 31.4 Å². The van der Waals surface area contributed by atoms with Gasteiger partial charge in [0.2, 0.25) is 11.8 Å². The van der Waals surface area contributed by atoms with E-state index in [2.05, 4.69) is 48.9 Å². The fourth-order valence-corrected chi connectivity index (χ4v) is 4.48. The molecule has 0 bridgehead atoms. The minimum atomic E-state index is 0.591. The van der Waals surface area contributed by atoms with Crippen LogP contribution in [0, 0.1) is 0 Å². The second-order valence-corrected chi connectivity index (χ2v) is 8.56. The van der Waals surface area contributed by atoms with Gasteiger partial charge in [0.05, 0.1) is 32.6 Å². The number of rotatable bonds is 8. The Bertz CT molecular complexity index is 1170. The molecule has 0 saturated carbocycles. The van der Waals surface area contributed by atoms with Gasteiger partial charge in [0.1, 0.15) is 12.0 Å². The van der Waals surface area contributed by atoms with Gasteiger partial charge in [-0.25, -0.2) is 4.98 Å². The van der Waals surface area contributed by atoms with Crippen LogP contribution in [0.1, 0.15) is 11.3 Å². The number of thioether (sulfide) groups is 1. The van der Waals surface area contributed by atoms with E-state index < -0.39 is 0 Å². The maximum Gasteiger partial charge on any atom is 0.228 e. The fraction of sp³-hybridized carbons (Fsp3) is 0.292. The Balaban J connectivity index is 1.33. The molecule has 2 aromatic carbocycles. The van der Waals surface area contributed by atoms with Crippen LogP contribution in [0.5, 0.6) is 5.75 Å². The Hall–Kier alpha value is -3.30. The maximum absolute atomic E-state index is 5.71. The summed E-state index contributed by atoms with van der Waals surface area (Å²) in [6.45, 7) is 3.73. The third-order valence-corrected chi connectivity index (χ3v) is 6.41. The number of hydrogen-bond acceptors (Lipinski definition) is 8. The van der Waals surface area contributed by atoms with Crippen LogP contribution in [0.25, 0.3) is 11.5 Å². The molecule has 0 radical (unpaired) electrons. The third kappa shape index (κ3) is 5.04. The molecule has 0 unspecified atom stereocenters. The number of benzene rings is 2. The van der Waals surface area contributed by atoms with E-state index >= 15 is 0 Å². The Morgan fingerprint density at radius 3 is 2.55 bits per heavy atom. The van der Waals surface area contributed by atoms with Crippen molar-refractivity contribution in [1.29, 1.82) is 0 Å². The molecule has 1 aliphatic heterocycles. The van der Waals surface area contributed by atoms with Crippen molar-refractivity contribution >= 4 is 17.7 Å². The molecule has 1 fully saturated rings. The first-order valence-corrected chi connectivity index (χ1v) is 11.8. The molecule has 8 nitrogen and oxygen atoms in total. The first-order valence-electron chi connectivity index (χ1n) is 10.8. The molecule has 1 aliphatic rings. The molecule has 0 amide bonds. The first-order chi connectivity index (χ1) is 16.3. The number of hydrogen-bond donors (Lipinski definition) is 0. The van der Waals surface area contributed by atoms with Gasteiger partial charge in [-0.2, -0.15) is 0 Å². The highest BCUT2D eigenvalue weighted by molar-refractivity contribution is 7.98. The van der Waals surface area contributed by atoms with Gasteiger partial charge in [-0.3, -0.25) is 4.57 Å². The third-order valence-electron chi connectivity index (χ3n) is 5.41. The maximum atomic E-state index is 5.71. The summed E-state index contributed by atoms with van der Waals surface area (Å²) in [5, 5.41) is 9.89. The van der Waals surface area contributed by atoms with Gasteiger partial charge in [0, 0.05) is 24.4 Å². The van der Waals surface area contributed by atoms with Crippen molar-refractivity contribution in [2.45, 2.75) is 17.5 Å². The first kappa shape index (κ1) is 21.5. The summed E-state index contributed by atoms with van der Waals surface area (Å²) in [6, 6.07) is 18.0. The molecule has 0 spiro atoms. The summed E-state index contributed by atoms with van der Waals surface area (Å²) in [5.74, 6) is 2.90. The van der Waals surface area contributed by atoms with Gasteiger partial charge < -0.3 is 18.8 Å². The number of aromatic nitrogens is 4. The minimum absolute atomic E-state index is 0.591. The molecule has 1 saturated heterocycles. The summed E-state index contributed by atoms with van der Waals surface area (Å²) in [5.41, 5.74) is 2.97. The van der Waals surface area contributed by atoms with Crippen LogP contribution in [0.4, 0.5) is 5.95 Å². The lowest BCUT2D eigenvalue weighted by Crippen LogP contribution is -2.38. The number of ether oxygens (including phenoxy) is 2. The molecule has 33 heavy (non-hydrogen) atoms. The minimum Gasteiger partial charge on any atom is -0.497 e. The normalized spacial score (nSPS) is 13.9. The molecule has 2 aromatic heterocycles. The van der Waals surface area contributed by atoms with Crippen molar-refractivity contribution < 1.29 is 13.9 Å². The highest BCUT2D eigenvalue weighted by Crippen LogP contribution is 2.28. The topological polar surface area (TPSA) is 78.4 Å². The highest BCUT2D eigenvalue weighted by Gasteiger charge is 2.21. The summed E-state index contributed by atoms with van der Waals surface area (Å²) in [4.78, 5) is 6.89. The van der Waals surface area contributed by atoms with E-state index in [-0.39, 0.29) is 0 Å². The van der Waals surface area contributed by atoms with E-state index in [4.69, 9.17) is 13.9 Å². The Morgan fingerprint density at radius 2 is 1.79 bits per heavy atom. The summed E-state index contributed by atoms with van der Waals surface area (Å²) in [7, 11) is 1.65. The average Bonchev–Trinajstić information content (AvgIpc) is 3.51. The number of nitrogens with zero attached hydrogens (tertiary/aromatic N) is 5. The van der Waals surface area contributed by atoms with Gasteiger partial charge in [-0.05, 0) is 29.8 Å². The Kier molecular flexibility index (Phi) is 6.59. The quantitative estimate of drug-likeness (QED) is 0.361. The molecule has 0 N–H and O–H groups in total. The smallest absolute Gasteiger partial charge is 0.228 e. The zero-order valence-electron chi connectivity index (χ0n) is 18.4. The lowest BCUT2D eigenvalue weighted by atomic mass is 10.2. The van der Waals surface area contributed by atoms with Gasteiger partial charge in [0.15, 0.2) is 5.16 Å². The lowest BCUT2D eigenvalue weighted by Gasteiger charge is -2.28. The van der Waals surface area contributed by atoms with Gasteiger partial charge in [-0.1, -0.05) is 42.1 Å². The van der Waals surface area contributed by atoms with E-state index in [1.54, 1.807) is 25.1 Å². The van der Waals surface area contributed by atoms with Crippen molar-refractivity contribution in [2.24, 2.45) is 0 Å². The van der Waals surface area contributed by atoms with Gasteiger partial charge in [-0.15, -0.1) is 10.2 Å². The van der Waals surface area contributed by atoms with Gasteiger partial charge >= 0.3 is 0 Å². The average molecular weight is 464 g/mol. The molecule has 5 rings (SSSR count). The molecular formula is C24H25N5O3S. The lowest BCUT2D eigenvalue weighted by molar-refractivity contribution is 0.121. The fourth-order valence-electron chi connectivity index (χ4n) is 3.67. The van der Waals surface area contributed by atoms with Crippen molar-refractivity contribution in [1.82, 2.24) is 19.7 Å². The molecule has 170 valence electrons. The summed E-state index contributed by atoms with van der Waals surface area (Å²) < 4.78 is 18.6. The SMILES string of the molecule is COc1ccc(-c2nc(CSc3nnc(N4CCOCC4)n3Cc3ccccc3)co2)cc1. The second-order valence-electron chi connectivity index (χ2n) is 7.61. The van der Waals surface area contributed by atoms with Crippen LogP contribution in [-0.2, 0) is 17.0 Å². The number of methoxy groups -OCH3 is 1. The van der Waals surface area contributed by atoms with E-state index in [9.17, 15) is 0 Å². The van der Waals surface area contributed by atoms with Crippen molar-refractivity contribution in [3.63, 3.8) is 0 Å². The monoisotopic (exact) mass is 463 g/mol. The number of oxazole rings is 1. The zero-order chi connectivity index (χ0) is 22.5. The van der Waals surface area contributed by atoms with Crippen LogP contribution in [0.15, 0.2) is 70.4 Å². The molecular weight excluding hydrogens is 438 g/mol. The molecule has 9 heteroatoms. The predicted octanol–water partition coefficient (Wildman–Crippen LogP) is 4.12. The van der Waals surface area contributed by atoms with Crippen LogP contribution in [-0.4, -0.2) is 53.2 Å². The standard InChI is InChI=1S/C24H25N5O3S/c1-30-21-9-7-19(8-10-21)22-25-20(16-32-22)17-33-24-27-26-23(28-11-13-31-14-12-28)29(24)15-18-5-3-2-4-6-18/h2-10,16H,11-15,17H2,1H3. The van der Waals surface area contributed by atoms with Crippen molar-refractivity contribution in [3.8, 4) is 17.2 Å². The Labute approximate surface area is 196 Å². The number of anilines is 1. The molecule has 0 aliphatic carbocycles. The van der Waals surface area contributed by atoms with Crippen molar-refractivity contribution in [2.75, 3.05) is 38.3 Å². The van der Waals surface area contributed by atoms with Crippen molar-refractivity contribution in [3.05, 3.63) is 72.1 Å². The molecule has 3 heterocycles. The summed E-state index contributed by atoms with van der Waals surface area (Å²) >= 11 is 1.61. The van der Waals surface area contributed by atoms with Crippen LogP contribution < -0.4 is 9.64 Å². The molecule has 4 aromatic rings. The zero-order valence-corrected chi connectivity index (χ0v) is 19.2. The second kappa shape index (κ2) is 10.1. The van der Waals surface area contributed by atoms with E-state index in [1.807, 2.05) is 30.3 Å². The van der Waals surface area contributed by atoms with Gasteiger partial charge in [0.25, 0.3) is 0 Å². The van der Waals surface area contributed by atoms with Crippen LogP contribution in [0.3, 0.4) is 0 Å². The Morgan fingerprint density at radius 1 is 1.00 bits per heavy atom. The highest BCUT2D eigenvalue weighted by atomic mass is 32.2. The van der Waals surface area contributed by atoms with E-state index in [0.717, 1.165) is 41.2 Å². The predicted molar refractivity (Wildman–Crippen MR) is 127 cm³/mol. The number of morpholine rings is 1. The van der Waals surface area contributed by atoms with Crippen LogP contribution in [0.2, 0.25) is 0 Å². The summed E-state index contributed by atoms with van der Waals surface area (Å²) in [6.07, 6.45) is 1.70.